The van der Waals surface area contributed by atoms with Gasteiger partial charge in [0.1, 0.15) is 5.60 Å². The summed E-state index contributed by atoms with van der Waals surface area (Å²) >= 11 is 0. The van der Waals surface area contributed by atoms with Gasteiger partial charge < -0.3 is 25.6 Å². The molecular weight excluding hydrogens is 509 g/mol. The summed E-state index contributed by atoms with van der Waals surface area (Å²) in [6.07, 6.45) is -0.455. The summed E-state index contributed by atoms with van der Waals surface area (Å²) in [5.74, 6) is 0.616. The molecule has 0 aliphatic rings. The second-order valence-corrected chi connectivity index (χ2v) is 8.96. The lowest BCUT2D eigenvalue weighted by Gasteiger charge is -2.29. The maximum atomic E-state index is 12.0. The maximum absolute atomic E-state index is 12.0. The molecule has 0 spiro atoms. The van der Waals surface area contributed by atoms with Gasteiger partial charge in [-0.2, -0.15) is 0 Å². The Morgan fingerprint density at radius 3 is 2.10 bits per heavy atom. The number of aliphatic imine (C=N–C) groups is 1. The Morgan fingerprint density at radius 1 is 1.03 bits per heavy atom. The van der Waals surface area contributed by atoms with E-state index in [1.165, 1.54) is 0 Å². The fourth-order valence-electron chi connectivity index (χ4n) is 2.45. The zero-order valence-corrected chi connectivity index (χ0v) is 22.3. The molecule has 8 nitrogen and oxygen atoms in total. The van der Waals surface area contributed by atoms with E-state index in [0.29, 0.717) is 31.2 Å². The van der Waals surface area contributed by atoms with Gasteiger partial charge in [-0.05, 0) is 59.2 Å². The zero-order valence-electron chi connectivity index (χ0n) is 20.0. The third-order valence-corrected chi connectivity index (χ3v) is 3.91. The smallest absolute Gasteiger partial charge is 0.408 e. The Morgan fingerprint density at radius 2 is 1.61 bits per heavy atom. The van der Waals surface area contributed by atoms with Gasteiger partial charge in [-0.15, -0.1) is 24.0 Å². The van der Waals surface area contributed by atoms with Crippen molar-refractivity contribution in [3.63, 3.8) is 0 Å². The van der Waals surface area contributed by atoms with Gasteiger partial charge in [-0.25, -0.2) is 9.79 Å². The van der Waals surface area contributed by atoms with E-state index in [9.17, 15) is 9.59 Å². The van der Waals surface area contributed by atoms with Crippen molar-refractivity contribution >= 4 is 41.9 Å². The number of amides is 2. The van der Waals surface area contributed by atoms with E-state index in [0.717, 1.165) is 5.56 Å². The highest BCUT2D eigenvalue weighted by molar-refractivity contribution is 14.0. The average molecular weight is 547 g/mol. The van der Waals surface area contributed by atoms with Crippen LogP contribution in [0.5, 0.6) is 0 Å². The average Bonchev–Trinajstić information content (AvgIpc) is 2.61. The van der Waals surface area contributed by atoms with Crippen LogP contribution in [-0.2, 0) is 11.3 Å². The number of carbonyl (C=O) groups excluding carboxylic acids is 2. The van der Waals surface area contributed by atoms with Crippen LogP contribution in [0.2, 0.25) is 0 Å². The van der Waals surface area contributed by atoms with Crippen LogP contribution in [0.1, 0.15) is 57.5 Å². The Bertz CT molecular complexity index is 741. The van der Waals surface area contributed by atoms with Gasteiger partial charge in [-0.1, -0.05) is 12.1 Å². The molecule has 0 aliphatic heterocycles. The van der Waals surface area contributed by atoms with Crippen molar-refractivity contribution in [3.8, 4) is 0 Å². The predicted molar refractivity (Wildman–Crippen MR) is 136 cm³/mol. The minimum atomic E-state index is -0.545. The molecule has 0 aliphatic carbocycles. The number of hydrogen-bond donors (Lipinski definition) is 3. The third-order valence-electron chi connectivity index (χ3n) is 3.91. The first-order valence-corrected chi connectivity index (χ1v) is 10.2. The van der Waals surface area contributed by atoms with Crippen molar-refractivity contribution in [1.82, 2.24) is 20.9 Å². The number of guanidine groups is 1. The molecule has 2 amide bonds. The minimum Gasteiger partial charge on any atom is -0.444 e. The van der Waals surface area contributed by atoms with Crippen molar-refractivity contribution in [2.75, 3.05) is 27.2 Å². The number of nitrogens with zero attached hydrogens (tertiary/aromatic N) is 2. The van der Waals surface area contributed by atoms with Gasteiger partial charge in [0.2, 0.25) is 0 Å². The molecule has 0 saturated heterocycles. The molecule has 1 aromatic carbocycles. The van der Waals surface area contributed by atoms with Crippen molar-refractivity contribution in [2.24, 2.45) is 4.99 Å². The summed E-state index contributed by atoms with van der Waals surface area (Å²) in [5, 5.41) is 9.32. The normalized spacial score (nSPS) is 11.8. The number of benzene rings is 1. The minimum absolute atomic E-state index is 0. The number of carbonyl (C=O) groups is 2. The van der Waals surface area contributed by atoms with Gasteiger partial charge >= 0.3 is 6.09 Å². The van der Waals surface area contributed by atoms with Gasteiger partial charge in [0, 0.05) is 32.7 Å². The van der Waals surface area contributed by atoms with E-state index in [1.807, 2.05) is 53.7 Å². The molecule has 3 N–H and O–H groups in total. The highest BCUT2D eigenvalue weighted by atomic mass is 127. The number of alkyl carbamates (subject to hydrolysis) is 1. The quantitative estimate of drug-likeness (QED) is 0.277. The molecule has 0 atom stereocenters. The molecule has 0 saturated carbocycles. The highest BCUT2D eigenvalue weighted by Crippen LogP contribution is 2.10. The first-order valence-electron chi connectivity index (χ1n) is 10.2. The Balaban J connectivity index is 0.00000900. The molecule has 31 heavy (non-hydrogen) atoms. The van der Waals surface area contributed by atoms with E-state index < -0.39 is 17.2 Å². The topological polar surface area (TPSA) is 95.1 Å². The van der Waals surface area contributed by atoms with Crippen LogP contribution in [0.25, 0.3) is 0 Å². The number of hydrogen-bond acceptors (Lipinski definition) is 4. The Labute approximate surface area is 203 Å². The van der Waals surface area contributed by atoms with Crippen LogP contribution in [0, 0.1) is 0 Å². The summed E-state index contributed by atoms with van der Waals surface area (Å²) in [7, 11) is 3.46. The molecule has 0 unspecified atom stereocenters. The molecular formula is C22H38IN5O3. The standard InChI is InChI=1S/C22H37N5O3.HI/c1-9-23-19(25-15-22(5,6)26-20(29)30-21(2,3)4)24-14-16-10-12-17(13-11-16)18(28)27(7)8;/h10-13H,9,14-15H2,1-8H3,(H,26,29)(H2,23,24,25);1H. The molecule has 1 aromatic rings. The summed E-state index contributed by atoms with van der Waals surface area (Å²) in [5.41, 5.74) is 0.560. The van der Waals surface area contributed by atoms with Gasteiger partial charge in [0.05, 0.1) is 12.1 Å². The number of halogens is 1. The monoisotopic (exact) mass is 547 g/mol. The molecule has 1 rings (SSSR count). The predicted octanol–water partition coefficient (Wildman–Crippen LogP) is 3.36. The number of ether oxygens (including phenoxy) is 1. The molecule has 0 fully saturated rings. The lowest BCUT2D eigenvalue weighted by Crippen LogP contribution is -2.54. The molecule has 0 radical (unpaired) electrons. The molecule has 0 heterocycles. The fourth-order valence-corrected chi connectivity index (χ4v) is 2.45. The van der Waals surface area contributed by atoms with Crippen LogP contribution in [0.3, 0.4) is 0 Å². The van der Waals surface area contributed by atoms with E-state index in [4.69, 9.17) is 4.74 Å². The third kappa shape index (κ3) is 11.8. The molecule has 176 valence electrons. The largest absolute Gasteiger partial charge is 0.444 e. The Hall–Kier alpha value is -2.04. The first-order chi connectivity index (χ1) is 13.8. The lowest BCUT2D eigenvalue weighted by atomic mass is 10.1. The van der Waals surface area contributed by atoms with Crippen molar-refractivity contribution in [3.05, 3.63) is 35.4 Å². The maximum Gasteiger partial charge on any atom is 0.408 e. The van der Waals surface area contributed by atoms with E-state index in [-0.39, 0.29) is 29.9 Å². The van der Waals surface area contributed by atoms with Crippen LogP contribution in [0.4, 0.5) is 4.79 Å². The number of rotatable bonds is 7. The van der Waals surface area contributed by atoms with Crippen LogP contribution in [0.15, 0.2) is 29.3 Å². The Kier molecular flexibility index (Phi) is 11.9. The summed E-state index contributed by atoms with van der Waals surface area (Å²) < 4.78 is 5.32. The summed E-state index contributed by atoms with van der Waals surface area (Å²) in [6, 6.07) is 7.42. The van der Waals surface area contributed by atoms with Crippen molar-refractivity contribution in [2.45, 2.75) is 59.2 Å². The summed E-state index contributed by atoms with van der Waals surface area (Å²) in [6.45, 7) is 12.9. The van der Waals surface area contributed by atoms with Crippen molar-refractivity contribution < 1.29 is 14.3 Å². The van der Waals surface area contributed by atoms with Crippen LogP contribution >= 0.6 is 24.0 Å². The molecule has 9 heteroatoms. The van der Waals surface area contributed by atoms with E-state index in [1.54, 1.807) is 31.1 Å². The second-order valence-electron chi connectivity index (χ2n) is 8.96. The lowest BCUT2D eigenvalue weighted by molar-refractivity contribution is 0.0473. The SMILES string of the molecule is CCNC(=NCc1ccc(C(=O)N(C)C)cc1)NCC(C)(C)NC(=O)OC(C)(C)C.I. The molecule has 0 aromatic heterocycles. The van der Waals surface area contributed by atoms with Gasteiger partial charge in [0.25, 0.3) is 5.91 Å². The molecule has 0 bridgehead atoms. The van der Waals surface area contributed by atoms with Crippen LogP contribution in [-0.4, -0.2) is 61.2 Å². The van der Waals surface area contributed by atoms with Gasteiger partial charge in [0.15, 0.2) is 5.96 Å². The van der Waals surface area contributed by atoms with Gasteiger partial charge in [-0.3, -0.25) is 4.79 Å². The highest BCUT2D eigenvalue weighted by Gasteiger charge is 2.24. The second kappa shape index (κ2) is 12.7. The zero-order chi connectivity index (χ0) is 22.9. The first kappa shape index (κ1) is 29.0. The van der Waals surface area contributed by atoms with E-state index >= 15 is 0 Å². The van der Waals surface area contributed by atoms with Crippen molar-refractivity contribution in [1.29, 1.82) is 0 Å². The number of nitrogens with one attached hydrogen (secondary N) is 3. The van der Waals surface area contributed by atoms with E-state index in [2.05, 4.69) is 20.9 Å². The summed E-state index contributed by atoms with van der Waals surface area (Å²) in [4.78, 5) is 30.2. The fraction of sp³-hybridized carbons (Fsp3) is 0.591. The van der Waals surface area contributed by atoms with Crippen LogP contribution < -0.4 is 16.0 Å².